The molecule has 6 nitrogen and oxygen atoms in total. The van der Waals surface area contributed by atoms with Crippen LogP contribution in [-0.2, 0) is 25.3 Å². The Morgan fingerprint density at radius 1 is 0.830 bits per heavy atom. The topological polar surface area (TPSA) is 66.8 Å². The maximum absolute atomic E-state index is 14.3. The van der Waals surface area contributed by atoms with Crippen LogP contribution >= 0.6 is 11.6 Å². The number of likely N-dealkylation sites (tertiary alicyclic amines) is 1. The van der Waals surface area contributed by atoms with Crippen molar-refractivity contribution in [3.63, 3.8) is 0 Å². The third-order valence-corrected chi connectivity index (χ3v) is 10.4. The summed E-state index contributed by atoms with van der Waals surface area (Å²) < 4.78 is 6.53. The number of halogens is 1. The first-order chi connectivity index (χ1) is 22.6. The van der Waals surface area contributed by atoms with Gasteiger partial charge in [0.25, 0.3) is 0 Å². The molecule has 1 aliphatic rings. The van der Waals surface area contributed by atoms with Gasteiger partial charge in [-0.25, -0.2) is 0 Å². The lowest BCUT2D eigenvalue weighted by Gasteiger charge is -2.47. The summed E-state index contributed by atoms with van der Waals surface area (Å²) in [6.45, 7) is 4.27. The molecule has 1 amide bonds. The minimum atomic E-state index is -0.996. The minimum absolute atomic E-state index is 0.0126. The zero-order valence-corrected chi connectivity index (χ0v) is 29.4. The van der Waals surface area contributed by atoms with Gasteiger partial charge in [0, 0.05) is 44.8 Å². The fraction of sp³-hybridized carbons (Fsp3) is 0.500. The number of piperidine rings is 1. The van der Waals surface area contributed by atoms with E-state index < -0.39 is 11.0 Å². The molecule has 0 bridgehead atoms. The van der Waals surface area contributed by atoms with Gasteiger partial charge in [-0.2, -0.15) is 0 Å². The van der Waals surface area contributed by atoms with Crippen molar-refractivity contribution in [3.05, 3.63) is 107 Å². The molecule has 1 N–H and O–H groups in total. The van der Waals surface area contributed by atoms with E-state index in [1.807, 2.05) is 99.0 Å². The second-order valence-corrected chi connectivity index (χ2v) is 14.1. The molecule has 1 fully saturated rings. The zero-order chi connectivity index (χ0) is 33.8. The van der Waals surface area contributed by atoms with Crippen LogP contribution in [0.5, 0.6) is 0 Å². The summed E-state index contributed by atoms with van der Waals surface area (Å²) in [4.78, 5) is 29.1. The Kier molecular flexibility index (Phi) is 13.5. The number of carbonyl (C=O) groups excluding carboxylic acids is 2. The molecule has 1 aliphatic heterocycles. The second kappa shape index (κ2) is 17.3. The number of likely N-dealkylation sites (N-methyl/N-ethyl adjacent to an activating group) is 1. The predicted molar refractivity (Wildman–Crippen MR) is 190 cm³/mol. The molecule has 1 saturated heterocycles. The molecule has 0 atom stereocenters. The van der Waals surface area contributed by atoms with Gasteiger partial charge in [0.1, 0.15) is 11.0 Å². The molecule has 254 valence electrons. The van der Waals surface area contributed by atoms with Crippen LogP contribution in [0.25, 0.3) is 0 Å². The van der Waals surface area contributed by atoms with Crippen molar-refractivity contribution in [3.8, 4) is 0 Å². The van der Waals surface area contributed by atoms with Crippen LogP contribution in [0.4, 0.5) is 0 Å². The number of ether oxygens (including phenoxy) is 1. The molecule has 0 aromatic heterocycles. The first-order valence-electron chi connectivity index (χ1n) is 17.5. The first-order valence-corrected chi connectivity index (χ1v) is 17.8. The highest BCUT2D eigenvalue weighted by Gasteiger charge is 2.48. The molecule has 7 heteroatoms. The van der Waals surface area contributed by atoms with Gasteiger partial charge in [0.15, 0.2) is 0 Å². The molecule has 0 aliphatic carbocycles. The largest absolute Gasteiger partial charge is 0.415 e. The summed E-state index contributed by atoms with van der Waals surface area (Å²) in [5.41, 5.74) is 0.802. The fourth-order valence-corrected chi connectivity index (χ4v) is 7.22. The maximum atomic E-state index is 14.3. The number of carbonyl (C=O) groups is 2. The second-order valence-electron chi connectivity index (χ2n) is 13.7. The van der Waals surface area contributed by atoms with Crippen LogP contribution in [-0.4, -0.2) is 66.8 Å². The van der Waals surface area contributed by atoms with Crippen LogP contribution < -0.4 is 0 Å². The molecule has 0 unspecified atom stereocenters. The van der Waals surface area contributed by atoms with Crippen molar-refractivity contribution >= 4 is 23.5 Å². The van der Waals surface area contributed by atoms with Crippen LogP contribution in [0.2, 0.25) is 5.02 Å². The molecular formula is C40H54ClN2O4+. The molecule has 4 rings (SSSR count). The first kappa shape index (κ1) is 36.6. The van der Waals surface area contributed by atoms with Gasteiger partial charge in [-0.3, -0.25) is 14.1 Å². The molecule has 1 heterocycles. The Balaban J connectivity index is 1.58. The van der Waals surface area contributed by atoms with Gasteiger partial charge in [0.05, 0.1) is 19.6 Å². The summed E-state index contributed by atoms with van der Waals surface area (Å²) in [6.07, 6.45) is 9.95. The van der Waals surface area contributed by atoms with E-state index in [4.69, 9.17) is 16.3 Å². The Morgan fingerprint density at radius 2 is 1.36 bits per heavy atom. The molecule has 3 aromatic carbocycles. The average Bonchev–Trinajstić information content (AvgIpc) is 3.09. The van der Waals surface area contributed by atoms with E-state index in [0.717, 1.165) is 36.0 Å². The molecular weight excluding hydrogens is 608 g/mol. The number of benzene rings is 3. The molecule has 0 saturated carbocycles. The van der Waals surface area contributed by atoms with Crippen molar-refractivity contribution in [2.75, 3.05) is 40.5 Å². The van der Waals surface area contributed by atoms with Gasteiger partial charge in [-0.05, 0) is 35.2 Å². The normalized spacial score (nSPS) is 19.7. The summed E-state index contributed by atoms with van der Waals surface area (Å²) >= 11 is 6.15. The number of aliphatic hydroxyl groups is 1. The number of hydrogen-bond donors (Lipinski definition) is 1. The number of unbranched alkanes of at least 4 members (excludes halogenated alkanes) is 6. The van der Waals surface area contributed by atoms with Crippen LogP contribution in [0, 0.1) is 0 Å². The van der Waals surface area contributed by atoms with E-state index in [2.05, 4.69) is 6.92 Å². The lowest BCUT2D eigenvalue weighted by molar-refractivity contribution is -0.950. The van der Waals surface area contributed by atoms with Crippen molar-refractivity contribution < 1.29 is 23.9 Å². The van der Waals surface area contributed by atoms with Gasteiger partial charge < -0.3 is 14.7 Å². The predicted octanol–water partition coefficient (Wildman–Crippen LogP) is 8.24. The van der Waals surface area contributed by atoms with Crippen LogP contribution in [0.1, 0.15) is 94.2 Å². The average molecular weight is 662 g/mol. The molecule has 0 spiro atoms. The fourth-order valence-electron chi connectivity index (χ4n) is 7.10. The third-order valence-electron chi connectivity index (χ3n) is 10.1. The maximum Gasteiger partial charge on any atom is 0.310 e. The minimum Gasteiger partial charge on any atom is -0.415 e. The summed E-state index contributed by atoms with van der Waals surface area (Å²) in [7, 11) is 3.62. The van der Waals surface area contributed by atoms with Gasteiger partial charge in [-0.15, -0.1) is 0 Å². The lowest BCUT2D eigenvalue weighted by Crippen LogP contribution is -2.60. The van der Waals surface area contributed by atoms with Gasteiger partial charge in [0.2, 0.25) is 12.6 Å². The highest BCUT2D eigenvalue weighted by molar-refractivity contribution is 6.30. The summed E-state index contributed by atoms with van der Waals surface area (Å²) in [6, 6.07) is 27.5. The standard InChI is InChI=1S/C40H54ClN2O4/c1-4-5-6-7-8-9-16-21-37(44)47-32-43(29-26-39(46,27-30-43)33-22-24-36(41)25-23-33)31-28-40(38(45)42(2)3,34-17-12-10-13-18-34)35-19-14-11-15-20-35/h10-15,17-20,22-25,46H,4-9,16,21,26-32H2,1-3H3/q+1. The Hall–Kier alpha value is -3.19. The number of amides is 1. The smallest absolute Gasteiger partial charge is 0.310 e. The summed E-state index contributed by atoms with van der Waals surface area (Å²) in [5.74, 6) is -0.157. The Labute approximate surface area is 287 Å². The highest BCUT2D eigenvalue weighted by Crippen LogP contribution is 2.41. The summed E-state index contributed by atoms with van der Waals surface area (Å²) in [5, 5.41) is 12.4. The van der Waals surface area contributed by atoms with E-state index in [0.29, 0.717) is 54.8 Å². The molecule has 47 heavy (non-hydrogen) atoms. The van der Waals surface area contributed by atoms with E-state index in [1.165, 1.54) is 25.7 Å². The zero-order valence-electron chi connectivity index (χ0n) is 28.6. The number of hydrogen-bond acceptors (Lipinski definition) is 4. The Morgan fingerprint density at radius 3 is 1.89 bits per heavy atom. The number of rotatable bonds is 17. The van der Waals surface area contributed by atoms with Gasteiger partial charge >= 0.3 is 5.97 Å². The van der Waals surface area contributed by atoms with Crippen molar-refractivity contribution in [2.24, 2.45) is 0 Å². The van der Waals surface area contributed by atoms with E-state index in [-0.39, 0.29) is 18.6 Å². The van der Waals surface area contributed by atoms with E-state index >= 15 is 0 Å². The van der Waals surface area contributed by atoms with Crippen LogP contribution in [0.15, 0.2) is 84.9 Å². The number of nitrogens with zero attached hydrogens (tertiary/aromatic N) is 2. The lowest BCUT2D eigenvalue weighted by atomic mass is 9.70. The SMILES string of the molecule is CCCCCCCCCC(=O)OC[N+]1(CCC(C(=O)N(C)C)(c2ccccc2)c2ccccc2)CCC(O)(c2ccc(Cl)cc2)CC1. The van der Waals surface area contributed by atoms with Crippen LogP contribution in [0.3, 0.4) is 0 Å². The monoisotopic (exact) mass is 661 g/mol. The number of quaternary nitrogens is 1. The Bertz CT molecular complexity index is 1350. The van der Waals surface area contributed by atoms with Gasteiger partial charge in [-0.1, -0.05) is 130 Å². The quantitative estimate of drug-likeness (QED) is 0.0899. The molecule has 3 aromatic rings. The third kappa shape index (κ3) is 9.46. The van der Waals surface area contributed by atoms with E-state index in [9.17, 15) is 14.7 Å². The number of esters is 1. The highest BCUT2D eigenvalue weighted by atomic mass is 35.5. The van der Waals surface area contributed by atoms with Crippen molar-refractivity contribution in [1.82, 2.24) is 4.90 Å². The van der Waals surface area contributed by atoms with E-state index in [1.54, 1.807) is 4.90 Å². The van der Waals surface area contributed by atoms with Crippen molar-refractivity contribution in [1.29, 1.82) is 0 Å². The molecule has 0 radical (unpaired) electrons. The van der Waals surface area contributed by atoms with Crippen molar-refractivity contribution in [2.45, 2.75) is 88.6 Å².